The smallest absolute Gasteiger partial charge is 0.182 e. The van der Waals surface area contributed by atoms with Crippen LogP contribution in [0.15, 0.2) is 47.8 Å². The van der Waals surface area contributed by atoms with E-state index in [9.17, 15) is 4.79 Å². The lowest BCUT2D eigenvalue weighted by atomic mass is 9.90. The van der Waals surface area contributed by atoms with Crippen molar-refractivity contribution in [1.82, 2.24) is 10.3 Å². The van der Waals surface area contributed by atoms with E-state index >= 15 is 0 Å². The number of carbonyl (C=O) groups excluding carboxylic acids is 1. The van der Waals surface area contributed by atoms with E-state index in [-0.39, 0.29) is 11.8 Å². The maximum Gasteiger partial charge on any atom is 0.182 e. The number of hydrogen-bond donors (Lipinski definition) is 1. The van der Waals surface area contributed by atoms with Crippen LogP contribution in [0.2, 0.25) is 0 Å². The predicted molar refractivity (Wildman–Crippen MR) is 65.1 cm³/mol. The molecule has 0 bridgehead atoms. The van der Waals surface area contributed by atoms with E-state index in [0.717, 1.165) is 29.8 Å². The van der Waals surface area contributed by atoms with E-state index in [1.807, 2.05) is 24.3 Å². The van der Waals surface area contributed by atoms with Crippen LogP contribution in [0.4, 0.5) is 0 Å². The molecule has 0 amide bonds. The van der Waals surface area contributed by atoms with Crippen LogP contribution in [-0.4, -0.2) is 10.8 Å². The van der Waals surface area contributed by atoms with Crippen LogP contribution in [0.1, 0.15) is 31.0 Å². The third kappa shape index (κ3) is 1.88. The van der Waals surface area contributed by atoms with Crippen LogP contribution in [0.5, 0.6) is 0 Å². The topological polar surface area (TPSA) is 42.0 Å². The monoisotopic (exact) mass is 226 g/mol. The van der Waals surface area contributed by atoms with Crippen LogP contribution in [0.3, 0.4) is 0 Å². The SMILES string of the molecule is O=C1CC=CC2=C1NC(c1ccccn1)CC2. The fourth-order valence-electron chi connectivity index (χ4n) is 2.40. The van der Waals surface area contributed by atoms with E-state index < -0.39 is 0 Å². The zero-order valence-corrected chi connectivity index (χ0v) is 9.52. The molecule has 0 spiro atoms. The maximum atomic E-state index is 11.8. The van der Waals surface area contributed by atoms with E-state index in [0.29, 0.717) is 6.42 Å². The molecule has 1 aromatic rings. The number of pyridine rings is 1. The van der Waals surface area contributed by atoms with Gasteiger partial charge in [0.25, 0.3) is 0 Å². The minimum absolute atomic E-state index is 0.172. The highest BCUT2D eigenvalue weighted by molar-refractivity contribution is 5.98. The van der Waals surface area contributed by atoms with Crippen LogP contribution in [-0.2, 0) is 4.79 Å². The molecule has 1 aliphatic carbocycles. The van der Waals surface area contributed by atoms with Gasteiger partial charge >= 0.3 is 0 Å². The first-order valence-corrected chi connectivity index (χ1v) is 5.95. The Hall–Kier alpha value is -1.90. The Balaban J connectivity index is 1.88. The molecule has 0 saturated heterocycles. The normalized spacial score (nSPS) is 23.3. The molecule has 3 heteroatoms. The van der Waals surface area contributed by atoms with Gasteiger partial charge < -0.3 is 5.32 Å². The summed E-state index contributed by atoms with van der Waals surface area (Å²) in [6.45, 7) is 0. The first-order valence-electron chi connectivity index (χ1n) is 5.95. The number of hydrogen-bond acceptors (Lipinski definition) is 3. The van der Waals surface area contributed by atoms with E-state index in [2.05, 4.69) is 16.4 Å². The van der Waals surface area contributed by atoms with Crippen molar-refractivity contribution in [2.24, 2.45) is 0 Å². The Morgan fingerprint density at radius 3 is 3.12 bits per heavy atom. The van der Waals surface area contributed by atoms with Crippen molar-refractivity contribution in [2.75, 3.05) is 0 Å². The molecular weight excluding hydrogens is 212 g/mol. The quantitative estimate of drug-likeness (QED) is 0.798. The van der Waals surface area contributed by atoms with Gasteiger partial charge in [-0.2, -0.15) is 0 Å². The van der Waals surface area contributed by atoms with Crippen LogP contribution >= 0.6 is 0 Å². The van der Waals surface area contributed by atoms with Gasteiger partial charge in [-0.1, -0.05) is 18.2 Å². The van der Waals surface area contributed by atoms with Gasteiger partial charge in [-0.15, -0.1) is 0 Å². The molecular formula is C14H14N2O. The van der Waals surface area contributed by atoms with Crippen molar-refractivity contribution < 1.29 is 4.79 Å². The van der Waals surface area contributed by atoms with Crippen LogP contribution < -0.4 is 5.32 Å². The Morgan fingerprint density at radius 2 is 2.29 bits per heavy atom. The van der Waals surface area contributed by atoms with Crippen LogP contribution in [0.25, 0.3) is 0 Å². The Labute approximate surface area is 100 Å². The third-order valence-electron chi connectivity index (χ3n) is 3.29. The second-order valence-electron chi connectivity index (χ2n) is 4.42. The molecule has 86 valence electrons. The minimum Gasteiger partial charge on any atom is -0.374 e. The van der Waals surface area contributed by atoms with Gasteiger partial charge in [0, 0.05) is 12.6 Å². The molecule has 0 saturated carbocycles. The minimum atomic E-state index is 0.172. The number of aromatic nitrogens is 1. The Kier molecular flexibility index (Phi) is 2.52. The summed E-state index contributed by atoms with van der Waals surface area (Å²) in [5, 5.41) is 3.34. The highest BCUT2D eigenvalue weighted by atomic mass is 16.1. The number of rotatable bonds is 1. The maximum absolute atomic E-state index is 11.8. The van der Waals surface area contributed by atoms with Gasteiger partial charge in [0.05, 0.1) is 17.4 Å². The predicted octanol–water partition coefficient (Wildman–Crippen LogP) is 2.29. The number of carbonyl (C=O) groups is 1. The molecule has 1 unspecified atom stereocenters. The molecule has 2 aliphatic rings. The van der Waals surface area contributed by atoms with Crippen molar-refractivity contribution in [1.29, 1.82) is 0 Å². The first-order chi connectivity index (χ1) is 8.34. The molecule has 2 heterocycles. The molecule has 1 N–H and O–H groups in total. The number of nitrogens with zero attached hydrogens (tertiary/aromatic N) is 1. The van der Waals surface area contributed by atoms with Gasteiger partial charge in [0.1, 0.15) is 0 Å². The average molecular weight is 226 g/mol. The lowest BCUT2D eigenvalue weighted by molar-refractivity contribution is -0.115. The van der Waals surface area contributed by atoms with E-state index in [1.54, 1.807) is 6.20 Å². The number of Topliss-reactive ketones (excluding diaryl/α,β-unsaturated/α-hetero) is 1. The van der Waals surface area contributed by atoms with Crippen molar-refractivity contribution >= 4 is 5.78 Å². The summed E-state index contributed by atoms with van der Waals surface area (Å²) in [7, 11) is 0. The molecule has 1 aliphatic heterocycles. The highest BCUT2D eigenvalue weighted by Gasteiger charge is 2.26. The highest BCUT2D eigenvalue weighted by Crippen LogP contribution is 2.30. The molecule has 1 aromatic heterocycles. The summed E-state index contributed by atoms with van der Waals surface area (Å²) in [5.74, 6) is 0.197. The summed E-state index contributed by atoms with van der Waals surface area (Å²) < 4.78 is 0. The molecule has 17 heavy (non-hydrogen) atoms. The summed E-state index contributed by atoms with van der Waals surface area (Å²) in [6.07, 6.45) is 8.27. The van der Waals surface area contributed by atoms with Gasteiger partial charge in [0.2, 0.25) is 0 Å². The number of nitrogens with one attached hydrogen (secondary N) is 1. The summed E-state index contributed by atoms with van der Waals surface area (Å²) in [5.41, 5.74) is 2.96. The lowest BCUT2D eigenvalue weighted by Crippen LogP contribution is -2.31. The van der Waals surface area contributed by atoms with Crippen molar-refractivity contribution in [3.8, 4) is 0 Å². The van der Waals surface area contributed by atoms with E-state index in [1.165, 1.54) is 0 Å². The molecule has 0 fully saturated rings. The Morgan fingerprint density at radius 1 is 1.35 bits per heavy atom. The van der Waals surface area contributed by atoms with Gasteiger partial charge in [-0.3, -0.25) is 9.78 Å². The zero-order chi connectivity index (χ0) is 11.7. The molecule has 1 atom stereocenters. The summed E-state index contributed by atoms with van der Waals surface area (Å²) >= 11 is 0. The van der Waals surface area contributed by atoms with Gasteiger partial charge in [-0.25, -0.2) is 0 Å². The average Bonchev–Trinajstić information content (AvgIpc) is 2.40. The van der Waals surface area contributed by atoms with Crippen molar-refractivity contribution in [3.05, 3.63) is 53.5 Å². The summed E-state index contributed by atoms with van der Waals surface area (Å²) in [4.78, 5) is 16.2. The fourth-order valence-corrected chi connectivity index (χ4v) is 2.40. The second kappa shape index (κ2) is 4.17. The molecule has 0 aromatic carbocycles. The number of allylic oxidation sites excluding steroid dienone is 4. The molecule has 0 radical (unpaired) electrons. The number of ketones is 1. The molecule has 3 nitrogen and oxygen atoms in total. The van der Waals surface area contributed by atoms with Crippen LogP contribution in [0, 0.1) is 0 Å². The van der Waals surface area contributed by atoms with Gasteiger partial charge in [-0.05, 0) is 30.5 Å². The largest absolute Gasteiger partial charge is 0.374 e. The zero-order valence-electron chi connectivity index (χ0n) is 9.52. The fraction of sp³-hybridized carbons (Fsp3) is 0.286. The van der Waals surface area contributed by atoms with Crippen molar-refractivity contribution in [2.45, 2.75) is 25.3 Å². The van der Waals surface area contributed by atoms with E-state index in [4.69, 9.17) is 0 Å². The third-order valence-corrected chi connectivity index (χ3v) is 3.29. The van der Waals surface area contributed by atoms with Gasteiger partial charge in [0.15, 0.2) is 5.78 Å². The standard InChI is InChI=1S/C14H14N2O/c17-13-6-3-4-10-7-8-12(16-14(10)13)11-5-1-2-9-15-11/h1-5,9,12,16H,6-8H2. The van der Waals surface area contributed by atoms with Crippen molar-refractivity contribution in [3.63, 3.8) is 0 Å². The summed E-state index contributed by atoms with van der Waals surface area (Å²) in [6, 6.07) is 6.07. The molecule has 3 rings (SSSR count). The Bertz CT molecular complexity index is 502. The lowest BCUT2D eigenvalue weighted by Gasteiger charge is -2.28. The second-order valence-corrected chi connectivity index (χ2v) is 4.42. The first kappa shape index (κ1) is 10.3.